The molecule has 146 valence electrons. The normalized spacial score (nSPS) is 26.0. The molecule has 0 radical (unpaired) electrons. The number of ether oxygens (including phenoxy) is 3. The van der Waals surface area contributed by atoms with Crippen LogP contribution in [0.3, 0.4) is 0 Å². The van der Waals surface area contributed by atoms with Crippen LogP contribution >= 0.6 is 0 Å². The lowest BCUT2D eigenvalue weighted by molar-refractivity contribution is -0.154. The van der Waals surface area contributed by atoms with E-state index in [0.29, 0.717) is 36.7 Å². The van der Waals surface area contributed by atoms with E-state index in [1.165, 1.54) is 5.56 Å². The molecule has 1 saturated carbocycles. The molecule has 2 aliphatic heterocycles. The fourth-order valence-electron chi connectivity index (χ4n) is 4.44. The second kappa shape index (κ2) is 7.11. The minimum atomic E-state index is -1.21. The van der Waals surface area contributed by atoms with E-state index in [0.717, 1.165) is 31.1 Å². The number of hydrogen-bond donors (Lipinski definition) is 1. The maximum Gasteiger partial charge on any atom is 0.339 e. The second-order valence-corrected chi connectivity index (χ2v) is 7.82. The molecule has 0 aromatic heterocycles. The molecule has 2 aromatic rings. The number of carbonyl (C=O) groups excluding carboxylic acids is 1. The van der Waals surface area contributed by atoms with Gasteiger partial charge in [0, 0.05) is 25.6 Å². The monoisotopic (exact) mass is 381 g/mol. The lowest BCUT2D eigenvalue weighted by Crippen LogP contribution is -2.26. The minimum Gasteiger partial charge on any atom is -0.463 e. The van der Waals surface area contributed by atoms with Gasteiger partial charge in [0.2, 0.25) is 6.79 Å². The summed E-state index contributed by atoms with van der Waals surface area (Å²) in [5.41, 5.74) is 1.79. The third kappa shape index (κ3) is 3.34. The molecule has 3 aliphatic rings. The summed E-state index contributed by atoms with van der Waals surface area (Å²) in [5, 5.41) is 10.1. The molecule has 5 rings (SSSR count). The highest BCUT2D eigenvalue weighted by atomic mass is 16.7. The van der Waals surface area contributed by atoms with Crippen molar-refractivity contribution in [3.63, 3.8) is 0 Å². The maximum absolute atomic E-state index is 12.1. The van der Waals surface area contributed by atoms with Gasteiger partial charge in [0.25, 0.3) is 0 Å². The van der Waals surface area contributed by atoms with Gasteiger partial charge in [0.15, 0.2) is 17.6 Å². The predicted octanol–water partition coefficient (Wildman–Crippen LogP) is 2.37. The lowest BCUT2D eigenvalue weighted by atomic mass is 10.1. The number of carbonyl (C=O) groups is 1. The summed E-state index contributed by atoms with van der Waals surface area (Å²) in [6.45, 7) is 3.62. The van der Waals surface area contributed by atoms with Gasteiger partial charge in [-0.25, -0.2) is 4.79 Å². The van der Waals surface area contributed by atoms with Gasteiger partial charge in [-0.3, -0.25) is 4.90 Å². The van der Waals surface area contributed by atoms with Crippen molar-refractivity contribution in [1.82, 2.24) is 4.90 Å². The summed E-state index contributed by atoms with van der Waals surface area (Å²) in [6.07, 6.45) is -1.21. The van der Waals surface area contributed by atoms with Crippen molar-refractivity contribution in [3.05, 3.63) is 59.7 Å². The zero-order chi connectivity index (χ0) is 19.1. The molecular formula is C22H23NO5. The second-order valence-electron chi connectivity index (χ2n) is 7.82. The summed E-state index contributed by atoms with van der Waals surface area (Å²) in [4.78, 5) is 14.5. The summed E-state index contributed by atoms with van der Waals surface area (Å²) < 4.78 is 16.2. The molecule has 2 aromatic carbocycles. The number of fused-ring (bicyclic) bond motifs is 2. The highest BCUT2D eigenvalue weighted by molar-refractivity contribution is 5.76. The number of rotatable bonds is 6. The average Bonchev–Trinajstić information content (AvgIpc) is 3.06. The summed E-state index contributed by atoms with van der Waals surface area (Å²) in [7, 11) is 0. The lowest BCUT2D eigenvalue weighted by Gasteiger charge is -2.20. The zero-order valence-electron chi connectivity index (χ0n) is 15.5. The number of esters is 1. The summed E-state index contributed by atoms with van der Waals surface area (Å²) in [5.74, 6) is 2.65. The highest BCUT2D eigenvalue weighted by Gasteiger charge is 2.55. The topological polar surface area (TPSA) is 68.2 Å². The summed E-state index contributed by atoms with van der Waals surface area (Å²) in [6, 6.07) is 15.0. The SMILES string of the molecule is O=C(OCC1C2CN(Cc3ccc4c(c3)OCO4)CC12)C(O)c1ccccc1. The fourth-order valence-corrected chi connectivity index (χ4v) is 4.44. The Morgan fingerprint density at radius 2 is 1.86 bits per heavy atom. The van der Waals surface area contributed by atoms with Crippen LogP contribution in [0.5, 0.6) is 11.5 Å². The molecule has 3 unspecified atom stereocenters. The van der Waals surface area contributed by atoms with E-state index in [1.54, 1.807) is 24.3 Å². The Morgan fingerprint density at radius 1 is 1.11 bits per heavy atom. The molecule has 6 heteroatoms. The van der Waals surface area contributed by atoms with Crippen LogP contribution in [0.1, 0.15) is 17.2 Å². The van der Waals surface area contributed by atoms with Gasteiger partial charge < -0.3 is 19.3 Å². The van der Waals surface area contributed by atoms with E-state index in [-0.39, 0.29) is 0 Å². The van der Waals surface area contributed by atoms with Crippen molar-refractivity contribution in [1.29, 1.82) is 0 Å². The van der Waals surface area contributed by atoms with Crippen molar-refractivity contribution in [2.24, 2.45) is 17.8 Å². The van der Waals surface area contributed by atoms with Crippen LogP contribution in [0.25, 0.3) is 0 Å². The van der Waals surface area contributed by atoms with Crippen molar-refractivity contribution < 1.29 is 24.1 Å². The molecule has 0 amide bonds. The maximum atomic E-state index is 12.1. The van der Waals surface area contributed by atoms with Gasteiger partial charge in [0.05, 0.1) is 6.61 Å². The first-order valence-electron chi connectivity index (χ1n) is 9.69. The molecule has 1 aliphatic carbocycles. The molecular weight excluding hydrogens is 358 g/mol. The quantitative estimate of drug-likeness (QED) is 0.775. The molecule has 0 bridgehead atoms. The van der Waals surface area contributed by atoms with Crippen LogP contribution < -0.4 is 9.47 Å². The van der Waals surface area contributed by atoms with Crippen LogP contribution in [-0.4, -0.2) is 42.5 Å². The Bertz CT molecular complexity index is 858. The minimum absolute atomic E-state index is 0.298. The third-order valence-corrected chi connectivity index (χ3v) is 6.05. The van der Waals surface area contributed by atoms with Gasteiger partial charge >= 0.3 is 5.97 Å². The number of aliphatic hydroxyl groups excluding tert-OH is 1. The molecule has 2 fully saturated rings. The Kier molecular flexibility index (Phi) is 4.45. The average molecular weight is 381 g/mol. The van der Waals surface area contributed by atoms with Crippen LogP contribution in [0, 0.1) is 17.8 Å². The van der Waals surface area contributed by atoms with Gasteiger partial charge in [-0.05, 0) is 35.1 Å². The number of likely N-dealkylation sites (tertiary alicyclic amines) is 1. The van der Waals surface area contributed by atoms with E-state index in [2.05, 4.69) is 17.0 Å². The Labute approximate surface area is 163 Å². The smallest absolute Gasteiger partial charge is 0.339 e. The van der Waals surface area contributed by atoms with Crippen LogP contribution in [-0.2, 0) is 16.1 Å². The van der Waals surface area contributed by atoms with Crippen molar-refractivity contribution in [2.75, 3.05) is 26.5 Å². The standard InChI is InChI=1S/C22H23NO5/c24-21(15-4-2-1-3-5-15)22(25)26-12-18-16-10-23(11-17(16)18)9-14-6-7-19-20(8-14)28-13-27-19/h1-8,16-18,21,24H,9-13H2. The van der Waals surface area contributed by atoms with Gasteiger partial charge in [-0.2, -0.15) is 0 Å². The molecule has 3 atom stereocenters. The van der Waals surface area contributed by atoms with Crippen LogP contribution in [0.2, 0.25) is 0 Å². The molecule has 1 N–H and O–H groups in total. The number of benzene rings is 2. The number of hydrogen-bond acceptors (Lipinski definition) is 6. The number of piperidine rings is 1. The Morgan fingerprint density at radius 3 is 2.64 bits per heavy atom. The van der Waals surface area contributed by atoms with Crippen LogP contribution in [0.4, 0.5) is 0 Å². The van der Waals surface area contributed by atoms with Crippen molar-refractivity contribution in [3.8, 4) is 11.5 Å². The highest BCUT2D eigenvalue weighted by Crippen LogP contribution is 2.52. The first-order valence-corrected chi connectivity index (χ1v) is 9.69. The van der Waals surface area contributed by atoms with Gasteiger partial charge in [-0.1, -0.05) is 36.4 Å². The largest absolute Gasteiger partial charge is 0.463 e. The number of nitrogens with zero attached hydrogens (tertiary/aromatic N) is 1. The Hall–Kier alpha value is -2.57. The van der Waals surface area contributed by atoms with Crippen molar-refractivity contribution >= 4 is 5.97 Å². The third-order valence-electron chi connectivity index (χ3n) is 6.05. The number of aliphatic hydroxyl groups is 1. The molecule has 0 spiro atoms. The van der Waals surface area contributed by atoms with Gasteiger partial charge in [-0.15, -0.1) is 0 Å². The molecule has 28 heavy (non-hydrogen) atoms. The molecule has 2 heterocycles. The first kappa shape index (κ1) is 17.5. The van der Waals surface area contributed by atoms with E-state index < -0.39 is 12.1 Å². The predicted molar refractivity (Wildman–Crippen MR) is 101 cm³/mol. The molecule has 1 saturated heterocycles. The zero-order valence-corrected chi connectivity index (χ0v) is 15.5. The Balaban J connectivity index is 1.08. The van der Waals surface area contributed by atoms with Crippen molar-refractivity contribution in [2.45, 2.75) is 12.6 Å². The fraction of sp³-hybridized carbons (Fsp3) is 0.409. The van der Waals surface area contributed by atoms with Crippen LogP contribution in [0.15, 0.2) is 48.5 Å². The first-order chi connectivity index (χ1) is 13.7. The molecule has 6 nitrogen and oxygen atoms in total. The van der Waals surface area contributed by atoms with Gasteiger partial charge in [0.1, 0.15) is 0 Å². The van der Waals surface area contributed by atoms with E-state index in [4.69, 9.17) is 14.2 Å². The van der Waals surface area contributed by atoms with E-state index in [9.17, 15) is 9.90 Å². The summed E-state index contributed by atoms with van der Waals surface area (Å²) >= 11 is 0. The van der Waals surface area contributed by atoms with E-state index >= 15 is 0 Å². The van der Waals surface area contributed by atoms with E-state index in [1.807, 2.05) is 12.1 Å².